The molecule has 1 aliphatic rings. The molecule has 4 aromatic rings. The molecule has 5 nitrogen and oxygen atoms in total. The summed E-state index contributed by atoms with van der Waals surface area (Å²) in [5.41, 5.74) is 2.21. The Bertz CT molecular complexity index is 1430. The van der Waals surface area contributed by atoms with Crippen LogP contribution in [0, 0.1) is 30.1 Å². The SMILES string of the molecule is Cc1cc(=O)oc2c1ccc1oc(C(=O)C3C[C@@H](F)C[C@H]3C#N)c(-c3ccccc3)c12. The number of Topliss-reactive ketones (excluding diaryl/α,β-unsaturated/α-hetero) is 1. The molecule has 5 rings (SSSR count). The average Bonchev–Trinajstić information content (AvgIpc) is 3.34. The Hall–Kier alpha value is -3.72. The molecule has 0 amide bonds. The Morgan fingerprint density at radius 2 is 1.90 bits per heavy atom. The van der Waals surface area contributed by atoms with Crippen molar-refractivity contribution in [1.82, 2.24) is 0 Å². The molecule has 0 radical (unpaired) electrons. The summed E-state index contributed by atoms with van der Waals surface area (Å²) >= 11 is 0. The number of carbonyl (C=O) groups is 1. The molecule has 0 N–H and O–H groups in total. The zero-order valence-corrected chi connectivity index (χ0v) is 16.7. The largest absolute Gasteiger partial charge is 0.452 e. The standard InChI is InChI=1S/C25H18FNO4/c1-13-9-20(28)31-24-17(13)7-8-19-22(24)21(14-5-3-2-4-6-14)25(30-19)23(29)18-11-16(26)10-15(18)12-27/h2-9,15-16,18H,10-11H2,1H3/t15-,16-,18?/m0/s1. The number of ketones is 1. The summed E-state index contributed by atoms with van der Waals surface area (Å²) in [5, 5.41) is 10.7. The summed E-state index contributed by atoms with van der Waals surface area (Å²) in [4.78, 5) is 25.6. The number of benzene rings is 2. The summed E-state index contributed by atoms with van der Waals surface area (Å²) in [6.45, 7) is 1.82. The molecular weight excluding hydrogens is 397 g/mol. The number of nitriles is 1. The van der Waals surface area contributed by atoms with Gasteiger partial charge in [-0.1, -0.05) is 30.3 Å². The van der Waals surface area contributed by atoms with E-state index in [4.69, 9.17) is 8.83 Å². The minimum absolute atomic E-state index is 0.00270. The number of furan rings is 1. The molecule has 154 valence electrons. The normalized spacial score (nSPS) is 20.9. The number of hydrogen-bond donors (Lipinski definition) is 0. The lowest BCUT2D eigenvalue weighted by atomic mass is 9.89. The molecule has 1 aliphatic carbocycles. The highest BCUT2D eigenvalue weighted by atomic mass is 19.1. The monoisotopic (exact) mass is 415 g/mol. The van der Waals surface area contributed by atoms with Crippen LogP contribution in [0.1, 0.15) is 29.0 Å². The third-order valence-corrected chi connectivity index (χ3v) is 6.06. The van der Waals surface area contributed by atoms with Crippen LogP contribution >= 0.6 is 0 Å². The molecule has 3 atom stereocenters. The van der Waals surface area contributed by atoms with E-state index in [9.17, 15) is 19.2 Å². The van der Waals surface area contributed by atoms with Crippen molar-refractivity contribution in [1.29, 1.82) is 5.26 Å². The second-order valence-corrected chi connectivity index (χ2v) is 8.01. The van der Waals surface area contributed by atoms with Crippen LogP contribution in [0.2, 0.25) is 0 Å². The molecule has 6 heteroatoms. The minimum atomic E-state index is -1.19. The molecule has 1 unspecified atom stereocenters. The molecule has 2 heterocycles. The summed E-state index contributed by atoms with van der Waals surface area (Å²) in [7, 11) is 0. The van der Waals surface area contributed by atoms with Gasteiger partial charge in [0.25, 0.3) is 0 Å². The Morgan fingerprint density at radius 1 is 1.13 bits per heavy atom. The number of hydrogen-bond acceptors (Lipinski definition) is 5. The van der Waals surface area contributed by atoms with Crippen LogP contribution in [-0.4, -0.2) is 12.0 Å². The first-order chi connectivity index (χ1) is 15.0. The summed E-state index contributed by atoms with van der Waals surface area (Å²) in [6.07, 6.45) is -1.15. The minimum Gasteiger partial charge on any atom is -0.452 e. The maximum atomic E-state index is 14.0. The maximum absolute atomic E-state index is 14.0. The van der Waals surface area contributed by atoms with Crippen molar-refractivity contribution in [2.45, 2.75) is 25.9 Å². The fraction of sp³-hybridized carbons (Fsp3) is 0.240. The van der Waals surface area contributed by atoms with Crippen LogP contribution in [0.4, 0.5) is 4.39 Å². The van der Waals surface area contributed by atoms with E-state index in [0.717, 1.165) is 10.9 Å². The van der Waals surface area contributed by atoms with Crippen molar-refractivity contribution in [3.63, 3.8) is 0 Å². The smallest absolute Gasteiger partial charge is 0.336 e. The zero-order chi connectivity index (χ0) is 21.7. The van der Waals surface area contributed by atoms with E-state index in [2.05, 4.69) is 6.07 Å². The first-order valence-electron chi connectivity index (χ1n) is 10.1. The highest BCUT2D eigenvalue weighted by molar-refractivity contribution is 6.17. The molecule has 2 aromatic heterocycles. The van der Waals surface area contributed by atoms with E-state index in [1.807, 2.05) is 37.3 Å². The van der Waals surface area contributed by atoms with Gasteiger partial charge >= 0.3 is 5.63 Å². The quantitative estimate of drug-likeness (QED) is 0.322. The van der Waals surface area contributed by atoms with Gasteiger partial charge in [-0.25, -0.2) is 9.18 Å². The van der Waals surface area contributed by atoms with Gasteiger partial charge in [-0.2, -0.15) is 5.26 Å². The van der Waals surface area contributed by atoms with E-state index in [1.54, 1.807) is 12.1 Å². The van der Waals surface area contributed by atoms with Crippen LogP contribution in [0.25, 0.3) is 33.1 Å². The first-order valence-corrected chi connectivity index (χ1v) is 10.1. The van der Waals surface area contributed by atoms with Gasteiger partial charge in [0.05, 0.1) is 17.4 Å². The Kier molecular flexibility index (Phi) is 4.48. The average molecular weight is 415 g/mol. The number of rotatable bonds is 3. The number of aryl methyl sites for hydroxylation is 1. The number of nitrogens with zero attached hydrogens (tertiary/aromatic N) is 1. The van der Waals surface area contributed by atoms with Gasteiger partial charge in [0.2, 0.25) is 5.78 Å². The van der Waals surface area contributed by atoms with Crippen LogP contribution in [0.5, 0.6) is 0 Å². The number of alkyl halides is 1. The number of carbonyl (C=O) groups excluding carboxylic acids is 1. The predicted molar refractivity (Wildman–Crippen MR) is 113 cm³/mol. The molecule has 0 aliphatic heterocycles. The van der Waals surface area contributed by atoms with E-state index >= 15 is 0 Å². The molecule has 0 spiro atoms. The summed E-state index contributed by atoms with van der Waals surface area (Å²) < 4.78 is 25.6. The lowest BCUT2D eigenvalue weighted by molar-refractivity contribution is 0.0877. The van der Waals surface area contributed by atoms with Crippen molar-refractivity contribution in [2.75, 3.05) is 0 Å². The van der Waals surface area contributed by atoms with Crippen molar-refractivity contribution in [3.8, 4) is 17.2 Å². The van der Waals surface area contributed by atoms with Gasteiger partial charge in [0.15, 0.2) is 5.76 Å². The maximum Gasteiger partial charge on any atom is 0.336 e. The molecule has 1 fully saturated rings. The second-order valence-electron chi connectivity index (χ2n) is 8.01. The van der Waals surface area contributed by atoms with Crippen molar-refractivity contribution in [3.05, 3.63) is 70.3 Å². The van der Waals surface area contributed by atoms with Crippen molar-refractivity contribution < 1.29 is 18.0 Å². The predicted octanol–water partition coefficient (Wildman–Crippen LogP) is 5.59. The fourth-order valence-corrected chi connectivity index (χ4v) is 4.59. The molecule has 0 saturated heterocycles. The van der Waals surface area contributed by atoms with Crippen molar-refractivity contribution >= 4 is 27.7 Å². The molecule has 0 bridgehead atoms. The molecule has 2 aromatic carbocycles. The van der Waals surface area contributed by atoms with Crippen LogP contribution in [-0.2, 0) is 0 Å². The molecule has 1 saturated carbocycles. The van der Waals surface area contributed by atoms with Gasteiger partial charge in [0.1, 0.15) is 17.3 Å². The van der Waals surface area contributed by atoms with E-state index in [0.29, 0.717) is 27.7 Å². The van der Waals surface area contributed by atoms with Gasteiger partial charge in [-0.3, -0.25) is 4.79 Å². The number of halogens is 1. The summed E-state index contributed by atoms with van der Waals surface area (Å²) in [5.74, 6) is -1.80. The fourth-order valence-electron chi connectivity index (χ4n) is 4.59. The van der Waals surface area contributed by atoms with Gasteiger partial charge < -0.3 is 8.83 Å². The highest BCUT2D eigenvalue weighted by Gasteiger charge is 2.42. The lowest BCUT2D eigenvalue weighted by Crippen LogP contribution is -2.18. The Morgan fingerprint density at radius 3 is 2.65 bits per heavy atom. The van der Waals surface area contributed by atoms with Gasteiger partial charge in [-0.15, -0.1) is 0 Å². The number of fused-ring (bicyclic) bond motifs is 3. The Labute approximate surface area is 176 Å². The van der Waals surface area contributed by atoms with Gasteiger partial charge in [0, 0.05) is 22.9 Å². The highest BCUT2D eigenvalue weighted by Crippen LogP contribution is 2.43. The van der Waals surface area contributed by atoms with Gasteiger partial charge in [-0.05, 0) is 43.0 Å². The lowest BCUT2D eigenvalue weighted by Gasteiger charge is -2.11. The molecular formula is C25H18FNO4. The van der Waals surface area contributed by atoms with Crippen molar-refractivity contribution in [2.24, 2.45) is 11.8 Å². The summed E-state index contributed by atoms with van der Waals surface area (Å²) in [6, 6.07) is 16.2. The second kappa shape index (κ2) is 7.21. The molecule has 31 heavy (non-hydrogen) atoms. The first kappa shape index (κ1) is 19.3. The third-order valence-electron chi connectivity index (χ3n) is 6.06. The van der Waals surface area contributed by atoms with Crippen LogP contribution < -0.4 is 5.63 Å². The van der Waals surface area contributed by atoms with E-state index in [1.165, 1.54) is 6.07 Å². The van der Waals surface area contributed by atoms with Crippen LogP contribution in [0.15, 0.2) is 62.2 Å². The van der Waals surface area contributed by atoms with E-state index in [-0.39, 0.29) is 18.6 Å². The zero-order valence-electron chi connectivity index (χ0n) is 16.7. The topological polar surface area (TPSA) is 84.2 Å². The Balaban J connectivity index is 1.84. The third kappa shape index (κ3) is 3.05. The van der Waals surface area contributed by atoms with Crippen LogP contribution in [0.3, 0.4) is 0 Å². The van der Waals surface area contributed by atoms with E-state index < -0.39 is 29.4 Å².